The summed E-state index contributed by atoms with van der Waals surface area (Å²) in [5, 5.41) is 15.9. The van der Waals surface area contributed by atoms with Crippen molar-refractivity contribution in [2.75, 3.05) is 13.1 Å². The largest absolute Gasteiger partial charge is 0.465 e. The molecule has 9 heteroatoms. The number of fused-ring (bicyclic) bond motifs is 1. The molecule has 0 bridgehead atoms. The van der Waals surface area contributed by atoms with E-state index in [1.165, 1.54) is 4.90 Å². The molecule has 32 heavy (non-hydrogen) atoms. The Morgan fingerprint density at radius 2 is 1.84 bits per heavy atom. The quantitative estimate of drug-likeness (QED) is 0.481. The van der Waals surface area contributed by atoms with Crippen molar-refractivity contribution in [1.29, 1.82) is 0 Å². The van der Waals surface area contributed by atoms with Gasteiger partial charge in [0.1, 0.15) is 0 Å². The molecule has 0 aliphatic carbocycles. The second kappa shape index (κ2) is 9.32. The summed E-state index contributed by atoms with van der Waals surface area (Å²) in [6.45, 7) is 0.741. The van der Waals surface area contributed by atoms with Crippen LogP contribution in [0.25, 0.3) is 10.9 Å². The van der Waals surface area contributed by atoms with Crippen molar-refractivity contribution in [3.8, 4) is 0 Å². The molecule has 4 N–H and O–H groups in total. The van der Waals surface area contributed by atoms with Gasteiger partial charge in [0.2, 0.25) is 0 Å². The van der Waals surface area contributed by atoms with Crippen LogP contribution in [-0.2, 0) is 0 Å². The maximum Gasteiger partial charge on any atom is 0.407 e. The lowest BCUT2D eigenvalue weighted by atomic mass is 9.98. The summed E-state index contributed by atoms with van der Waals surface area (Å²) in [4.78, 5) is 41.6. The maximum absolute atomic E-state index is 13.2. The highest BCUT2D eigenvalue weighted by Gasteiger charge is 2.25. The molecule has 3 amide bonds. The number of nitrogens with zero attached hydrogens (tertiary/aromatic N) is 1. The van der Waals surface area contributed by atoms with Gasteiger partial charge in [0.05, 0.1) is 11.6 Å². The van der Waals surface area contributed by atoms with Gasteiger partial charge in [-0.2, -0.15) is 0 Å². The molecule has 4 rings (SSSR count). The van der Waals surface area contributed by atoms with Gasteiger partial charge in [-0.3, -0.25) is 4.79 Å². The molecule has 1 unspecified atom stereocenters. The number of aromatic amines is 1. The summed E-state index contributed by atoms with van der Waals surface area (Å²) in [5.74, 6) is 0. The standard InChI is InChI=1S/C23H23ClN4O4/c24-15-6-7-17-19(12-15)25-13-18(21(17)29)20(14-4-2-1-3-5-14)27-22(30)26-16-8-10-28(11-9-16)23(31)32/h1-7,12-13,16,20H,8-11H2,(H,25,29)(H,31,32)(H2,26,27,30). The number of pyridine rings is 1. The number of carbonyl (C=O) groups is 2. The molecular weight excluding hydrogens is 432 g/mol. The smallest absolute Gasteiger partial charge is 0.407 e. The SMILES string of the molecule is O=C(NC1CCN(C(=O)O)CC1)NC(c1ccccc1)c1c[nH]c2cc(Cl)ccc2c1=O. The summed E-state index contributed by atoms with van der Waals surface area (Å²) in [7, 11) is 0. The van der Waals surface area contributed by atoms with Crippen LogP contribution in [0, 0.1) is 0 Å². The number of hydrogen-bond donors (Lipinski definition) is 4. The van der Waals surface area contributed by atoms with Crippen molar-refractivity contribution in [1.82, 2.24) is 20.5 Å². The van der Waals surface area contributed by atoms with Gasteiger partial charge in [-0.1, -0.05) is 41.9 Å². The first-order valence-electron chi connectivity index (χ1n) is 10.3. The predicted octanol–water partition coefficient (Wildman–Crippen LogP) is 3.71. The van der Waals surface area contributed by atoms with Gasteiger partial charge in [0, 0.05) is 41.3 Å². The number of likely N-dealkylation sites (tertiary alicyclic amines) is 1. The second-order valence-electron chi connectivity index (χ2n) is 7.77. The molecule has 0 spiro atoms. The number of urea groups is 1. The number of piperidine rings is 1. The number of hydrogen-bond acceptors (Lipinski definition) is 3. The van der Waals surface area contributed by atoms with E-state index in [-0.39, 0.29) is 11.5 Å². The minimum Gasteiger partial charge on any atom is -0.465 e. The minimum atomic E-state index is -0.950. The van der Waals surface area contributed by atoms with E-state index >= 15 is 0 Å². The number of amides is 3. The molecule has 1 aliphatic heterocycles. The van der Waals surface area contributed by atoms with Gasteiger partial charge in [-0.25, -0.2) is 9.59 Å². The van der Waals surface area contributed by atoms with E-state index in [4.69, 9.17) is 16.7 Å². The molecule has 1 fully saturated rings. The van der Waals surface area contributed by atoms with Crippen molar-refractivity contribution < 1.29 is 14.7 Å². The second-order valence-corrected chi connectivity index (χ2v) is 8.20. The van der Waals surface area contributed by atoms with E-state index < -0.39 is 18.2 Å². The Kier molecular flexibility index (Phi) is 6.32. The lowest BCUT2D eigenvalue weighted by molar-refractivity contribution is 0.129. The predicted molar refractivity (Wildman–Crippen MR) is 122 cm³/mol. The monoisotopic (exact) mass is 454 g/mol. The van der Waals surface area contributed by atoms with Gasteiger partial charge in [0.15, 0.2) is 5.43 Å². The molecular formula is C23H23ClN4O4. The highest BCUT2D eigenvalue weighted by Crippen LogP contribution is 2.22. The first kappa shape index (κ1) is 21.7. The molecule has 0 saturated carbocycles. The zero-order valence-corrected chi connectivity index (χ0v) is 17.9. The summed E-state index contributed by atoms with van der Waals surface area (Å²) < 4.78 is 0. The first-order chi connectivity index (χ1) is 15.4. The average molecular weight is 455 g/mol. The van der Waals surface area contributed by atoms with E-state index in [0.29, 0.717) is 47.4 Å². The Hall–Kier alpha value is -3.52. The van der Waals surface area contributed by atoms with Gasteiger partial charge in [0.25, 0.3) is 0 Å². The summed E-state index contributed by atoms with van der Waals surface area (Å²) >= 11 is 6.03. The Morgan fingerprint density at radius 3 is 2.53 bits per heavy atom. The Labute approximate surface area is 189 Å². The van der Waals surface area contributed by atoms with Crippen molar-refractivity contribution in [2.24, 2.45) is 0 Å². The fraction of sp³-hybridized carbons (Fsp3) is 0.261. The van der Waals surface area contributed by atoms with Gasteiger partial charge < -0.3 is 25.6 Å². The molecule has 0 radical (unpaired) electrons. The van der Waals surface area contributed by atoms with Crippen LogP contribution in [0.3, 0.4) is 0 Å². The van der Waals surface area contributed by atoms with Crippen LogP contribution in [0.5, 0.6) is 0 Å². The molecule has 8 nitrogen and oxygen atoms in total. The van der Waals surface area contributed by atoms with Crippen LogP contribution in [0.2, 0.25) is 5.02 Å². The van der Waals surface area contributed by atoms with Crippen molar-refractivity contribution >= 4 is 34.6 Å². The van der Waals surface area contributed by atoms with E-state index in [0.717, 1.165) is 5.56 Å². The zero-order valence-electron chi connectivity index (χ0n) is 17.2. The number of nitrogens with one attached hydrogen (secondary N) is 3. The lowest BCUT2D eigenvalue weighted by Crippen LogP contribution is -2.49. The van der Waals surface area contributed by atoms with Crippen molar-refractivity contribution in [2.45, 2.75) is 24.9 Å². The topological polar surface area (TPSA) is 115 Å². The van der Waals surface area contributed by atoms with Gasteiger partial charge in [-0.15, -0.1) is 0 Å². The number of halogens is 1. The van der Waals surface area contributed by atoms with Gasteiger partial charge >= 0.3 is 12.1 Å². The van der Waals surface area contributed by atoms with Crippen molar-refractivity contribution in [3.63, 3.8) is 0 Å². The van der Waals surface area contributed by atoms with Gasteiger partial charge in [-0.05, 0) is 36.6 Å². The number of rotatable bonds is 4. The third-order valence-corrected chi connectivity index (χ3v) is 5.93. The van der Waals surface area contributed by atoms with Crippen LogP contribution in [0.4, 0.5) is 9.59 Å². The molecule has 1 aliphatic rings. The Bertz CT molecular complexity index is 1190. The van der Waals surface area contributed by atoms with Crippen LogP contribution in [0.15, 0.2) is 59.5 Å². The Balaban J connectivity index is 1.57. The van der Waals surface area contributed by atoms with Crippen molar-refractivity contribution in [3.05, 3.63) is 81.1 Å². The highest BCUT2D eigenvalue weighted by molar-refractivity contribution is 6.31. The van der Waals surface area contributed by atoms with Crippen LogP contribution < -0.4 is 16.1 Å². The molecule has 1 saturated heterocycles. The number of H-pyrrole nitrogens is 1. The third-order valence-electron chi connectivity index (χ3n) is 5.69. The fourth-order valence-electron chi connectivity index (χ4n) is 3.98. The van der Waals surface area contributed by atoms with E-state index in [1.807, 2.05) is 30.3 Å². The van der Waals surface area contributed by atoms with Crippen LogP contribution in [0.1, 0.15) is 30.0 Å². The molecule has 166 valence electrons. The summed E-state index contributed by atoms with van der Waals surface area (Å²) in [6.07, 6.45) is 1.72. The Morgan fingerprint density at radius 1 is 1.12 bits per heavy atom. The molecule has 1 aromatic heterocycles. The minimum absolute atomic E-state index is 0.140. The maximum atomic E-state index is 13.2. The molecule has 2 heterocycles. The lowest BCUT2D eigenvalue weighted by Gasteiger charge is -2.31. The van der Waals surface area contributed by atoms with Crippen LogP contribution in [-0.4, -0.2) is 46.2 Å². The zero-order chi connectivity index (χ0) is 22.7. The number of aromatic nitrogens is 1. The number of benzene rings is 2. The first-order valence-corrected chi connectivity index (χ1v) is 10.7. The average Bonchev–Trinajstić information content (AvgIpc) is 2.79. The third kappa shape index (κ3) is 4.70. The van der Waals surface area contributed by atoms with E-state index in [2.05, 4.69) is 15.6 Å². The van der Waals surface area contributed by atoms with Crippen LogP contribution >= 0.6 is 11.6 Å². The van der Waals surface area contributed by atoms with E-state index in [1.54, 1.807) is 24.4 Å². The number of carbonyl (C=O) groups excluding carboxylic acids is 1. The normalized spacial score (nSPS) is 15.3. The highest BCUT2D eigenvalue weighted by atomic mass is 35.5. The number of carboxylic acid groups (broad SMARTS) is 1. The molecule has 1 atom stereocenters. The summed E-state index contributed by atoms with van der Waals surface area (Å²) in [6, 6.07) is 13.0. The molecule has 2 aromatic carbocycles. The van der Waals surface area contributed by atoms with E-state index in [9.17, 15) is 14.4 Å². The fourth-order valence-corrected chi connectivity index (χ4v) is 4.16. The molecule has 3 aromatic rings. The summed E-state index contributed by atoms with van der Waals surface area (Å²) in [5.41, 5.74) is 1.59.